The molecule has 0 fully saturated rings. The number of hydrogen-bond donors (Lipinski definition) is 1. The third-order valence-corrected chi connectivity index (χ3v) is 3.20. The summed E-state index contributed by atoms with van der Waals surface area (Å²) in [6.45, 7) is 2.27. The Morgan fingerprint density at radius 2 is 2.05 bits per heavy atom. The van der Waals surface area contributed by atoms with Crippen molar-refractivity contribution in [3.05, 3.63) is 41.6 Å². The first-order valence-electron chi connectivity index (χ1n) is 6.75. The zero-order valence-electron chi connectivity index (χ0n) is 12.4. The number of likely N-dealkylation sites (N-methyl/N-ethyl adjacent to an activating group) is 1. The van der Waals surface area contributed by atoms with Gasteiger partial charge in [0.25, 0.3) is 5.91 Å². The minimum Gasteiger partial charge on any atom is -0.463 e. The smallest absolute Gasteiger partial charge is 0.338 e. The standard InChI is InChI=1S/C15H19N3O3/c1-4-21-15(20)12-10-17(2)14(19)13(12)16-18(3)11-8-6-5-7-9-11/h5-9,16H,4,10H2,1-3H3. The first-order chi connectivity index (χ1) is 10.0. The molecule has 1 heterocycles. The Morgan fingerprint density at radius 3 is 2.67 bits per heavy atom. The largest absolute Gasteiger partial charge is 0.463 e. The molecule has 1 aliphatic rings. The van der Waals surface area contributed by atoms with Crippen molar-refractivity contribution in [2.45, 2.75) is 6.92 Å². The molecule has 0 unspecified atom stereocenters. The third-order valence-electron chi connectivity index (χ3n) is 3.20. The van der Waals surface area contributed by atoms with Crippen molar-refractivity contribution in [1.82, 2.24) is 10.3 Å². The summed E-state index contributed by atoms with van der Waals surface area (Å²) in [6.07, 6.45) is 0. The van der Waals surface area contributed by atoms with Gasteiger partial charge in [0.2, 0.25) is 0 Å². The number of hydrazine groups is 1. The number of esters is 1. The van der Waals surface area contributed by atoms with Crippen molar-refractivity contribution >= 4 is 17.6 Å². The van der Waals surface area contributed by atoms with Crippen LogP contribution >= 0.6 is 0 Å². The highest BCUT2D eigenvalue weighted by Gasteiger charge is 2.33. The molecule has 0 spiro atoms. The van der Waals surface area contributed by atoms with E-state index in [1.54, 1.807) is 26.0 Å². The van der Waals surface area contributed by atoms with Crippen LogP contribution in [0.5, 0.6) is 0 Å². The van der Waals surface area contributed by atoms with E-state index in [2.05, 4.69) is 5.43 Å². The number of carbonyl (C=O) groups is 2. The van der Waals surface area contributed by atoms with Crippen LogP contribution < -0.4 is 10.4 Å². The lowest BCUT2D eigenvalue weighted by Gasteiger charge is -2.22. The zero-order chi connectivity index (χ0) is 15.4. The first-order valence-corrected chi connectivity index (χ1v) is 6.75. The maximum absolute atomic E-state index is 12.2. The van der Waals surface area contributed by atoms with Crippen LogP contribution in [0.2, 0.25) is 0 Å². The second kappa shape index (κ2) is 6.30. The van der Waals surface area contributed by atoms with E-state index in [1.807, 2.05) is 30.3 Å². The summed E-state index contributed by atoms with van der Waals surface area (Å²) in [7, 11) is 3.44. The third kappa shape index (κ3) is 3.16. The molecule has 2 rings (SSSR count). The lowest BCUT2D eigenvalue weighted by atomic mass is 10.2. The molecule has 1 aliphatic heterocycles. The van der Waals surface area contributed by atoms with Gasteiger partial charge in [-0.2, -0.15) is 0 Å². The van der Waals surface area contributed by atoms with Crippen LogP contribution in [0.4, 0.5) is 5.69 Å². The summed E-state index contributed by atoms with van der Waals surface area (Å²) < 4.78 is 5.01. The van der Waals surface area contributed by atoms with E-state index in [4.69, 9.17) is 4.74 Å². The molecule has 0 aliphatic carbocycles. The first kappa shape index (κ1) is 14.9. The number of hydrogen-bond acceptors (Lipinski definition) is 5. The highest BCUT2D eigenvalue weighted by atomic mass is 16.5. The Labute approximate surface area is 123 Å². The monoisotopic (exact) mass is 289 g/mol. The van der Waals surface area contributed by atoms with Crippen molar-refractivity contribution in [2.24, 2.45) is 0 Å². The molecule has 0 radical (unpaired) electrons. The average molecular weight is 289 g/mol. The molecule has 6 nitrogen and oxygen atoms in total. The summed E-state index contributed by atoms with van der Waals surface area (Å²) in [5.74, 6) is -0.681. The van der Waals surface area contributed by atoms with Crippen LogP contribution in [0.25, 0.3) is 0 Å². The predicted molar refractivity (Wildman–Crippen MR) is 79.3 cm³/mol. The Hall–Kier alpha value is -2.50. The molecule has 0 atom stereocenters. The summed E-state index contributed by atoms with van der Waals surface area (Å²) in [5, 5.41) is 1.70. The van der Waals surface area contributed by atoms with Crippen molar-refractivity contribution in [2.75, 3.05) is 32.3 Å². The molecule has 1 aromatic rings. The van der Waals surface area contributed by atoms with Gasteiger partial charge in [0.1, 0.15) is 5.70 Å². The van der Waals surface area contributed by atoms with Crippen LogP contribution in [0, 0.1) is 0 Å². The Kier molecular flexibility index (Phi) is 4.47. The topological polar surface area (TPSA) is 61.9 Å². The second-order valence-electron chi connectivity index (χ2n) is 4.74. The summed E-state index contributed by atoms with van der Waals surface area (Å²) in [5.41, 5.74) is 4.49. The number of carbonyl (C=O) groups excluding carboxylic acids is 2. The van der Waals surface area contributed by atoms with E-state index in [1.165, 1.54) is 4.90 Å². The molecular formula is C15H19N3O3. The normalized spacial score (nSPS) is 14.4. The highest BCUT2D eigenvalue weighted by molar-refractivity contribution is 6.06. The van der Waals surface area contributed by atoms with Crippen LogP contribution in [-0.4, -0.2) is 44.0 Å². The fraction of sp³-hybridized carbons (Fsp3) is 0.333. The summed E-state index contributed by atoms with van der Waals surface area (Å²) in [4.78, 5) is 25.6. The highest BCUT2D eigenvalue weighted by Crippen LogP contribution is 2.19. The van der Waals surface area contributed by atoms with Gasteiger partial charge in [0.15, 0.2) is 0 Å². The predicted octanol–water partition coefficient (Wildman–Crippen LogP) is 0.917. The summed E-state index contributed by atoms with van der Waals surface area (Å²) >= 11 is 0. The van der Waals surface area contributed by atoms with Crippen molar-refractivity contribution in [1.29, 1.82) is 0 Å². The molecule has 112 valence electrons. The fourth-order valence-electron chi connectivity index (χ4n) is 2.09. The van der Waals surface area contributed by atoms with Crippen LogP contribution in [-0.2, 0) is 14.3 Å². The van der Waals surface area contributed by atoms with Crippen LogP contribution in [0.3, 0.4) is 0 Å². The molecule has 0 bridgehead atoms. The zero-order valence-corrected chi connectivity index (χ0v) is 12.4. The molecule has 0 aromatic heterocycles. The van der Waals surface area contributed by atoms with Gasteiger partial charge < -0.3 is 9.64 Å². The van der Waals surface area contributed by atoms with Gasteiger partial charge in [-0.05, 0) is 19.1 Å². The molecule has 1 amide bonds. The van der Waals surface area contributed by atoms with Gasteiger partial charge in [0, 0.05) is 14.1 Å². The minimum absolute atomic E-state index is 0.221. The number of benzene rings is 1. The molecule has 1 aromatic carbocycles. The van der Waals surface area contributed by atoms with E-state index in [-0.39, 0.29) is 24.8 Å². The lowest BCUT2D eigenvalue weighted by Crippen LogP contribution is -2.38. The van der Waals surface area contributed by atoms with Gasteiger partial charge in [-0.1, -0.05) is 18.2 Å². The number of rotatable bonds is 5. The van der Waals surface area contributed by atoms with Gasteiger partial charge in [-0.15, -0.1) is 0 Å². The van der Waals surface area contributed by atoms with E-state index in [0.717, 1.165) is 5.69 Å². The van der Waals surface area contributed by atoms with Gasteiger partial charge in [-0.3, -0.25) is 15.2 Å². The lowest BCUT2D eigenvalue weighted by molar-refractivity contribution is -0.138. The minimum atomic E-state index is -0.459. The maximum Gasteiger partial charge on any atom is 0.338 e. The number of para-hydroxylation sites is 1. The number of ether oxygens (including phenoxy) is 1. The Balaban J connectivity index is 2.23. The number of nitrogens with one attached hydrogen (secondary N) is 1. The molecule has 0 saturated heterocycles. The molecule has 0 saturated carbocycles. The van der Waals surface area contributed by atoms with Crippen molar-refractivity contribution in [3.63, 3.8) is 0 Å². The number of nitrogens with zero attached hydrogens (tertiary/aromatic N) is 2. The van der Waals surface area contributed by atoms with E-state index < -0.39 is 5.97 Å². The fourth-order valence-corrected chi connectivity index (χ4v) is 2.09. The Bertz CT molecular complexity index is 569. The summed E-state index contributed by atoms with van der Waals surface area (Å²) in [6, 6.07) is 9.52. The maximum atomic E-state index is 12.2. The van der Waals surface area contributed by atoms with E-state index in [9.17, 15) is 9.59 Å². The van der Waals surface area contributed by atoms with E-state index in [0.29, 0.717) is 5.57 Å². The molecule has 21 heavy (non-hydrogen) atoms. The Morgan fingerprint density at radius 1 is 1.38 bits per heavy atom. The van der Waals surface area contributed by atoms with Crippen molar-refractivity contribution in [3.8, 4) is 0 Å². The molecule has 1 N–H and O–H groups in total. The number of anilines is 1. The van der Waals surface area contributed by atoms with Gasteiger partial charge >= 0.3 is 5.97 Å². The molecule has 6 heteroatoms. The average Bonchev–Trinajstić information content (AvgIpc) is 2.77. The van der Waals surface area contributed by atoms with Crippen molar-refractivity contribution < 1.29 is 14.3 Å². The van der Waals surface area contributed by atoms with Crippen LogP contribution in [0.1, 0.15) is 6.92 Å². The quantitative estimate of drug-likeness (QED) is 0.645. The second-order valence-corrected chi connectivity index (χ2v) is 4.74. The van der Waals surface area contributed by atoms with Gasteiger partial charge in [-0.25, -0.2) is 4.79 Å². The SMILES string of the molecule is CCOC(=O)C1=C(NN(C)c2ccccc2)C(=O)N(C)C1. The van der Waals surface area contributed by atoms with Crippen LogP contribution in [0.15, 0.2) is 41.6 Å². The number of amides is 1. The van der Waals surface area contributed by atoms with E-state index >= 15 is 0 Å². The van der Waals surface area contributed by atoms with Gasteiger partial charge in [0.05, 0.1) is 24.4 Å². The molecular weight excluding hydrogens is 270 g/mol.